The fourth-order valence-corrected chi connectivity index (χ4v) is 2.74. The molecule has 2 atom stereocenters. The summed E-state index contributed by atoms with van der Waals surface area (Å²) in [4.78, 5) is 14.7. The van der Waals surface area contributed by atoms with Crippen molar-refractivity contribution < 1.29 is 4.79 Å². The monoisotopic (exact) mass is 261 g/mol. The van der Waals surface area contributed by atoms with Gasteiger partial charge in [0.15, 0.2) is 0 Å². The van der Waals surface area contributed by atoms with Crippen molar-refractivity contribution in [3.63, 3.8) is 0 Å². The highest BCUT2D eigenvalue weighted by Crippen LogP contribution is 2.31. The number of carbonyl (C=O) groups is 1. The van der Waals surface area contributed by atoms with Crippen LogP contribution in [0, 0.1) is 17.8 Å². The number of rotatable bonds is 3. The zero-order chi connectivity index (χ0) is 13.8. The summed E-state index contributed by atoms with van der Waals surface area (Å²) in [5, 5.41) is 4.39. The lowest BCUT2D eigenvalue weighted by atomic mass is 9.76. The molecule has 1 aromatic heterocycles. The first-order valence-corrected chi connectivity index (χ1v) is 7.08. The molecule has 1 fully saturated rings. The van der Waals surface area contributed by atoms with E-state index in [1.54, 1.807) is 12.3 Å². The number of nitrogens with one attached hydrogen (secondary N) is 2. The number of carbonyl (C=O) groups excluding carboxylic acids is 1. The number of aromatic nitrogens is 1. The average molecular weight is 261 g/mol. The van der Waals surface area contributed by atoms with Gasteiger partial charge in [-0.2, -0.15) is 5.10 Å². The van der Waals surface area contributed by atoms with E-state index < -0.39 is 0 Å². The van der Waals surface area contributed by atoms with E-state index in [1.165, 1.54) is 12.8 Å². The minimum Gasteiger partial charge on any atom is -0.357 e. The molecule has 4 nitrogen and oxygen atoms in total. The molecule has 1 saturated carbocycles. The maximum absolute atomic E-state index is 11.9. The van der Waals surface area contributed by atoms with E-state index in [2.05, 4.69) is 36.3 Å². The molecule has 0 aliphatic heterocycles. The van der Waals surface area contributed by atoms with Crippen molar-refractivity contribution in [1.82, 2.24) is 10.4 Å². The van der Waals surface area contributed by atoms with Gasteiger partial charge in [0.05, 0.1) is 0 Å². The van der Waals surface area contributed by atoms with Crippen molar-refractivity contribution in [2.75, 3.05) is 0 Å². The number of hydrogen-bond donors (Lipinski definition) is 2. The van der Waals surface area contributed by atoms with Crippen molar-refractivity contribution in [1.29, 1.82) is 0 Å². The highest BCUT2D eigenvalue weighted by atomic mass is 16.2. The highest BCUT2D eigenvalue weighted by molar-refractivity contribution is 5.94. The molecule has 1 aromatic rings. The standard InChI is InChI=1S/C15H23N3O/c1-10(2)12-7-6-11(3)9-14(12)17-18-15(19)13-5-4-8-16-13/h4-5,8,10-12,16H,6-7,9H2,1-3H3,(H,18,19)/t11-,12-/m0/s1. The van der Waals surface area contributed by atoms with Gasteiger partial charge in [0.2, 0.25) is 0 Å². The third-order valence-corrected chi connectivity index (χ3v) is 3.90. The lowest BCUT2D eigenvalue weighted by Crippen LogP contribution is -2.31. The Kier molecular flexibility index (Phi) is 4.40. The van der Waals surface area contributed by atoms with E-state index in [9.17, 15) is 4.79 Å². The van der Waals surface area contributed by atoms with Crippen LogP contribution in [0.15, 0.2) is 23.4 Å². The van der Waals surface area contributed by atoms with E-state index in [-0.39, 0.29) is 5.91 Å². The Morgan fingerprint density at radius 3 is 2.89 bits per heavy atom. The van der Waals surface area contributed by atoms with Gasteiger partial charge in [0, 0.05) is 17.8 Å². The lowest BCUT2D eigenvalue weighted by molar-refractivity contribution is 0.0949. The molecule has 2 N–H and O–H groups in total. The predicted octanol–water partition coefficient (Wildman–Crippen LogP) is 3.19. The quantitative estimate of drug-likeness (QED) is 0.807. The second-order valence-electron chi connectivity index (χ2n) is 5.87. The van der Waals surface area contributed by atoms with Crippen molar-refractivity contribution in [3.8, 4) is 0 Å². The summed E-state index contributed by atoms with van der Waals surface area (Å²) in [5.74, 6) is 1.57. The van der Waals surface area contributed by atoms with E-state index in [0.29, 0.717) is 23.4 Å². The number of nitrogens with zero attached hydrogens (tertiary/aromatic N) is 1. The summed E-state index contributed by atoms with van der Waals surface area (Å²) >= 11 is 0. The Bertz CT molecular complexity index is 448. The first kappa shape index (κ1) is 13.8. The fraction of sp³-hybridized carbons (Fsp3) is 0.600. The molecule has 104 valence electrons. The molecule has 1 amide bonds. The van der Waals surface area contributed by atoms with Crippen molar-refractivity contribution in [3.05, 3.63) is 24.0 Å². The third-order valence-electron chi connectivity index (χ3n) is 3.90. The largest absolute Gasteiger partial charge is 0.357 e. The van der Waals surface area contributed by atoms with Gasteiger partial charge in [-0.3, -0.25) is 4.79 Å². The van der Waals surface area contributed by atoms with Crippen LogP contribution in [0.2, 0.25) is 0 Å². The van der Waals surface area contributed by atoms with Gasteiger partial charge in [-0.25, -0.2) is 5.43 Å². The van der Waals surface area contributed by atoms with Crippen LogP contribution in [-0.2, 0) is 0 Å². The molecular formula is C15H23N3O. The summed E-state index contributed by atoms with van der Waals surface area (Å²) in [7, 11) is 0. The van der Waals surface area contributed by atoms with E-state index >= 15 is 0 Å². The van der Waals surface area contributed by atoms with Crippen LogP contribution in [0.25, 0.3) is 0 Å². The topological polar surface area (TPSA) is 57.2 Å². The Labute approximate surface area is 114 Å². The van der Waals surface area contributed by atoms with E-state index in [1.807, 2.05) is 6.07 Å². The van der Waals surface area contributed by atoms with Crippen LogP contribution in [0.5, 0.6) is 0 Å². The molecule has 0 saturated heterocycles. The minimum absolute atomic E-state index is 0.168. The summed E-state index contributed by atoms with van der Waals surface area (Å²) in [6.45, 7) is 6.70. The maximum Gasteiger partial charge on any atom is 0.287 e. The van der Waals surface area contributed by atoms with Gasteiger partial charge in [0.1, 0.15) is 5.69 Å². The zero-order valence-electron chi connectivity index (χ0n) is 11.9. The smallest absolute Gasteiger partial charge is 0.287 e. The van der Waals surface area contributed by atoms with Crippen LogP contribution < -0.4 is 5.43 Å². The molecule has 0 radical (unpaired) electrons. The van der Waals surface area contributed by atoms with Crippen LogP contribution in [0.3, 0.4) is 0 Å². The summed E-state index contributed by atoms with van der Waals surface area (Å²) in [6, 6.07) is 3.56. The number of hydrogen-bond acceptors (Lipinski definition) is 2. The zero-order valence-corrected chi connectivity index (χ0v) is 11.9. The van der Waals surface area contributed by atoms with Crippen LogP contribution in [-0.4, -0.2) is 16.6 Å². The molecule has 1 heterocycles. The van der Waals surface area contributed by atoms with Crippen molar-refractivity contribution >= 4 is 11.6 Å². The van der Waals surface area contributed by atoms with Crippen LogP contribution in [0.1, 0.15) is 50.5 Å². The second-order valence-corrected chi connectivity index (χ2v) is 5.87. The van der Waals surface area contributed by atoms with E-state index in [0.717, 1.165) is 12.1 Å². The van der Waals surface area contributed by atoms with Gasteiger partial charge in [-0.05, 0) is 43.2 Å². The molecule has 2 rings (SSSR count). The SMILES string of the molecule is CC(C)[C@@H]1CC[C@H](C)CC1=NNC(=O)c1ccc[nH]1. The number of hydrazone groups is 1. The molecule has 1 aliphatic rings. The molecule has 0 unspecified atom stereocenters. The molecule has 0 spiro atoms. The van der Waals surface area contributed by atoms with Crippen molar-refractivity contribution in [2.24, 2.45) is 22.9 Å². The lowest BCUT2D eigenvalue weighted by Gasteiger charge is -2.30. The number of H-pyrrole nitrogens is 1. The molecule has 19 heavy (non-hydrogen) atoms. The Hall–Kier alpha value is -1.58. The van der Waals surface area contributed by atoms with Crippen LogP contribution in [0.4, 0.5) is 0 Å². The second kappa shape index (κ2) is 6.04. The number of aromatic amines is 1. The van der Waals surface area contributed by atoms with Crippen LogP contribution >= 0.6 is 0 Å². The van der Waals surface area contributed by atoms with Gasteiger partial charge < -0.3 is 4.98 Å². The summed E-state index contributed by atoms with van der Waals surface area (Å²) in [5.41, 5.74) is 4.38. The average Bonchev–Trinajstić information content (AvgIpc) is 2.89. The Morgan fingerprint density at radius 1 is 1.47 bits per heavy atom. The Balaban J connectivity index is 2.04. The third kappa shape index (κ3) is 3.46. The molecule has 0 bridgehead atoms. The first-order chi connectivity index (χ1) is 9.08. The van der Waals surface area contributed by atoms with E-state index in [4.69, 9.17) is 0 Å². The van der Waals surface area contributed by atoms with Gasteiger partial charge in [0.25, 0.3) is 5.91 Å². The fourth-order valence-electron chi connectivity index (χ4n) is 2.74. The maximum atomic E-state index is 11.9. The number of amides is 1. The molecule has 4 heteroatoms. The molecular weight excluding hydrogens is 238 g/mol. The van der Waals surface area contributed by atoms with Gasteiger partial charge >= 0.3 is 0 Å². The van der Waals surface area contributed by atoms with Gasteiger partial charge in [-0.15, -0.1) is 0 Å². The van der Waals surface area contributed by atoms with Crippen molar-refractivity contribution in [2.45, 2.75) is 40.0 Å². The highest BCUT2D eigenvalue weighted by Gasteiger charge is 2.27. The predicted molar refractivity (Wildman–Crippen MR) is 77.0 cm³/mol. The van der Waals surface area contributed by atoms with Gasteiger partial charge in [-0.1, -0.05) is 20.8 Å². The summed E-state index contributed by atoms with van der Waals surface area (Å²) in [6.07, 6.45) is 5.16. The molecule has 0 aromatic carbocycles. The first-order valence-electron chi connectivity index (χ1n) is 7.08. The molecule has 1 aliphatic carbocycles. The summed E-state index contributed by atoms with van der Waals surface area (Å²) < 4.78 is 0. The normalized spacial score (nSPS) is 25.8. The Morgan fingerprint density at radius 2 is 2.26 bits per heavy atom. The minimum atomic E-state index is -0.168.